The molecule has 2 heterocycles. The first kappa shape index (κ1) is 36.3. The SMILES string of the molecule is CC1(C)c2ccccc2-c2ccc(-c3cc(-n4c5ccccc5c5cc(-c6ccc7c(c6)c6ccccc6n7-c6ccccc6)ccc54)c4c5ccccc5c5ccccc5c4c3)cc21. The Bertz CT molecular complexity index is 4140. The summed E-state index contributed by atoms with van der Waals surface area (Å²) in [4.78, 5) is 0. The minimum absolute atomic E-state index is 0.0987. The van der Waals surface area contributed by atoms with Crippen LogP contribution in [0.3, 0.4) is 0 Å². The third kappa shape index (κ3) is 5.11. The van der Waals surface area contributed by atoms with Crippen molar-refractivity contribution in [2.45, 2.75) is 19.3 Å². The highest BCUT2D eigenvalue weighted by molar-refractivity contribution is 6.28. The molecule has 2 aromatic heterocycles. The maximum Gasteiger partial charge on any atom is 0.0553 e. The zero-order chi connectivity index (χ0) is 43.0. The molecule has 0 radical (unpaired) electrons. The van der Waals surface area contributed by atoms with Gasteiger partial charge >= 0.3 is 0 Å². The molecule has 0 amide bonds. The summed E-state index contributed by atoms with van der Waals surface area (Å²) >= 11 is 0. The second kappa shape index (κ2) is 13.4. The monoisotopic (exact) mass is 826 g/mol. The lowest BCUT2D eigenvalue weighted by Gasteiger charge is -2.22. The first-order valence-corrected chi connectivity index (χ1v) is 22.8. The molecular weight excluding hydrogens is 785 g/mol. The van der Waals surface area contributed by atoms with Gasteiger partial charge in [-0.3, -0.25) is 0 Å². The fraction of sp³-hybridized carbons (Fsp3) is 0.0476. The van der Waals surface area contributed by atoms with Crippen LogP contribution < -0.4 is 0 Å². The fourth-order valence-electron chi connectivity index (χ4n) is 11.7. The van der Waals surface area contributed by atoms with Gasteiger partial charge in [-0.25, -0.2) is 0 Å². The van der Waals surface area contributed by atoms with Gasteiger partial charge in [0.15, 0.2) is 0 Å². The maximum atomic E-state index is 2.55. The lowest BCUT2D eigenvalue weighted by Crippen LogP contribution is -2.14. The van der Waals surface area contributed by atoms with Crippen molar-refractivity contribution in [3.63, 3.8) is 0 Å². The highest BCUT2D eigenvalue weighted by atomic mass is 15.0. The van der Waals surface area contributed by atoms with Gasteiger partial charge in [-0.05, 0) is 138 Å². The number of para-hydroxylation sites is 3. The Morgan fingerprint density at radius 3 is 1.45 bits per heavy atom. The number of hydrogen-bond acceptors (Lipinski definition) is 0. The van der Waals surface area contributed by atoms with Crippen LogP contribution in [0.25, 0.3) is 121 Å². The van der Waals surface area contributed by atoms with E-state index in [1.165, 1.54) is 132 Å². The minimum Gasteiger partial charge on any atom is -0.309 e. The lowest BCUT2D eigenvalue weighted by atomic mass is 9.81. The first-order chi connectivity index (χ1) is 32.0. The Morgan fingerprint density at radius 1 is 0.292 bits per heavy atom. The third-order valence-corrected chi connectivity index (χ3v) is 14.7. The molecule has 0 fully saturated rings. The summed E-state index contributed by atoms with van der Waals surface area (Å²) in [6.45, 7) is 4.75. The van der Waals surface area contributed by atoms with Gasteiger partial charge in [-0.15, -0.1) is 0 Å². The Hall–Kier alpha value is -8.20. The molecule has 0 spiro atoms. The summed E-state index contributed by atoms with van der Waals surface area (Å²) in [5, 5.41) is 12.6. The number of nitrogens with zero attached hydrogens (tertiary/aromatic N) is 2. The van der Waals surface area contributed by atoms with Crippen LogP contribution in [0, 0.1) is 0 Å². The summed E-state index contributed by atoms with van der Waals surface area (Å²) < 4.78 is 4.94. The fourth-order valence-corrected chi connectivity index (χ4v) is 11.7. The van der Waals surface area contributed by atoms with Gasteiger partial charge < -0.3 is 9.13 Å². The third-order valence-electron chi connectivity index (χ3n) is 14.7. The van der Waals surface area contributed by atoms with Gasteiger partial charge in [-0.2, -0.15) is 0 Å². The molecule has 0 saturated heterocycles. The average molecular weight is 827 g/mol. The van der Waals surface area contributed by atoms with Gasteiger partial charge in [0, 0.05) is 38.0 Å². The molecule has 65 heavy (non-hydrogen) atoms. The molecule has 0 N–H and O–H groups in total. The van der Waals surface area contributed by atoms with E-state index in [4.69, 9.17) is 0 Å². The van der Waals surface area contributed by atoms with Gasteiger partial charge in [0.25, 0.3) is 0 Å². The summed E-state index contributed by atoms with van der Waals surface area (Å²) in [6.07, 6.45) is 0. The van der Waals surface area contributed by atoms with E-state index in [1.54, 1.807) is 0 Å². The number of benzene rings is 11. The molecule has 0 saturated carbocycles. The van der Waals surface area contributed by atoms with Crippen molar-refractivity contribution in [3.05, 3.63) is 230 Å². The van der Waals surface area contributed by atoms with E-state index in [0.29, 0.717) is 0 Å². The number of hydrogen-bond donors (Lipinski definition) is 0. The second-order valence-corrected chi connectivity index (χ2v) is 18.4. The van der Waals surface area contributed by atoms with Gasteiger partial charge in [0.2, 0.25) is 0 Å². The molecule has 304 valence electrons. The van der Waals surface area contributed by atoms with E-state index in [0.717, 1.165) is 0 Å². The zero-order valence-corrected chi connectivity index (χ0v) is 36.2. The van der Waals surface area contributed by atoms with Gasteiger partial charge in [-0.1, -0.05) is 166 Å². The smallest absolute Gasteiger partial charge is 0.0553 e. The molecular formula is C63H42N2. The molecule has 14 rings (SSSR count). The van der Waals surface area contributed by atoms with Crippen LogP contribution in [-0.2, 0) is 5.41 Å². The van der Waals surface area contributed by atoms with Crippen molar-refractivity contribution in [2.24, 2.45) is 0 Å². The first-order valence-electron chi connectivity index (χ1n) is 22.8. The molecule has 0 unspecified atom stereocenters. The standard InChI is InChI=1S/C63H42N2/c1-63(2)55-25-13-10-21-47(55)48-31-28-41(37-56(48)63)42-36-54-46-20-7-6-18-44(46)45-19-8-9-24-51(45)62(54)61(38-42)65-58-27-15-12-23-50(58)53-35-40(30-33-60(53)65)39-29-32-59-52(34-39)49-22-11-14-26-57(49)64(59)43-16-4-3-5-17-43/h3-38H,1-2H3. The maximum absolute atomic E-state index is 2.55. The number of fused-ring (bicyclic) bond motifs is 15. The van der Waals surface area contributed by atoms with E-state index < -0.39 is 0 Å². The van der Waals surface area contributed by atoms with Crippen molar-refractivity contribution in [1.82, 2.24) is 9.13 Å². The Kier molecular flexibility index (Phi) is 7.49. The van der Waals surface area contributed by atoms with Gasteiger partial charge in [0.1, 0.15) is 0 Å². The van der Waals surface area contributed by atoms with Crippen LogP contribution in [0.2, 0.25) is 0 Å². The van der Waals surface area contributed by atoms with Crippen LogP contribution >= 0.6 is 0 Å². The van der Waals surface area contributed by atoms with Crippen LogP contribution in [-0.4, -0.2) is 9.13 Å². The predicted octanol–water partition coefficient (Wildman–Crippen LogP) is 17.0. The summed E-state index contributed by atoms with van der Waals surface area (Å²) in [5.41, 5.74) is 17.4. The largest absolute Gasteiger partial charge is 0.309 e. The van der Waals surface area contributed by atoms with Gasteiger partial charge in [0.05, 0.1) is 27.8 Å². The number of rotatable bonds is 4. The van der Waals surface area contributed by atoms with Crippen LogP contribution in [0.4, 0.5) is 0 Å². The average Bonchev–Trinajstić information content (AvgIpc) is 3.96. The summed E-state index contributed by atoms with van der Waals surface area (Å²) in [6, 6.07) is 81.6. The number of aromatic nitrogens is 2. The second-order valence-electron chi connectivity index (χ2n) is 18.4. The molecule has 0 aliphatic heterocycles. The lowest BCUT2D eigenvalue weighted by molar-refractivity contribution is 0.660. The minimum atomic E-state index is -0.0987. The van der Waals surface area contributed by atoms with Crippen LogP contribution in [0.1, 0.15) is 25.0 Å². The Labute approximate surface area is 376 Å². The Morgan fingerprint density at radius 2 is 0.754 bits per heavy atom. The van der Waals surface area contributed by atoms with E-state index in [2.05, 4.69) is 241 Å². The zero-order valence-electron chi connectivity index (χ0n) is 36.2. The summed E-state index contributed by atoms with van der Waals surface area (Å²) in [7, 11) is 0. The van der Waals surface area contributed by atoms with Crippen molar-refractivity contribution in [3.8, 4) is 44.8 Å². The van der Waals surface area contributed by atoms with Crippen molar-refractivity contribution in [2.75, 3.05) is 0 Å². The van der Waals surface area contributed by atoms with E-state index in [-0.39, 0.29) is 5.41 Å². The molecule has 1 aliphatic rings. The highest BCUT2D eigenvalue weighted by Gasteiger charge is 2.35. The molecule has 11 aromatic carbocycles. The van der Waals surface area contributed by atoms with E-state index in [1.807, 2.05) is 0 Å². The Balaban J connectivity index is 1.03. The molecule has 13 aromatic rings. The molecule has 0 atom stereocenters. The van der Waals surface area contributed by atoms with Crippen molar-refractivity contribution < 1.29 is 0 Å². The molecule has 2 heteroatoms. The normalized spacial score (nSPS) is 13.2. The van der Waals surface area contributed by atoms with Crippen LogP contribution in [0.15, 0.2) is 218 Å². The topological polar surface area (TPSA) is 9.86 Å². The van der Waals surface area contributed by atoms with Crippen LogP contribution in [0.5, 0.6) is 0 Å². The van der Waals surface area contributed by atoms with E-state index >= 15 is 0 Å². The molecule has 1 aliphatic carbocycles. The van der Waals surface area contributed by atoms with Crippen molar-refractivity contribution in [1.29, 1.82) is 0 Å². The predicted molar refractivity (Wildman–Crippen MR) is 276 cm³/mol. The molecule has 0 bridgehead atoms. The van der Waals surface area contributed by atoms with Crippen molar-refractivity contribution >= 4 is 75.9 Å². The van der Waals surface area contributed by atoms with E-state index in [9.17, 15) is 0 Å². The quantitative estimate of drug-likeness (QED) is 0.156. The molecule has 2 nitrogen and oxygen atoms in total. The summed E-state index contributed by atoms with van der Waals surface area (Å²) in [5.74, 6) is 0. The highest BCUT2D eigenvalue weighted by Crippen LogP contribution is 2.51.